The Morgan fingerprint density at radius 2 is 2.12 bits per heavy atom. The standard InChI is InChI=1S/C19H19N5/c20-6-5-16(12-3-1-2-4-12)24-9-14-7-13-8-21-19-17(13)18(15(14)10-24)22-11-23-19/h8-12,16H,1-5,7H2,(H,21,22,23). The molecule has 5 nitrogen and oxygen atoms in total. The number of H-pyrrole nitrogens is 1. The maximum absolute atomic E-state index is 9.31. The van der Waals surface area contributed by atoms with Crippen LogP contribution in [0.25, 0.3) is 22.3 Å². The first-order valence-electron chi connectivity index (χ1n) is 8.74. The number of aromatic nitrogens is 4. The number of fused-ring (bicyclic) bond motifs is 2. The molecular weight excluding hydrogens is 298 g/mol. The fourth-order valence-electron chi connectivity index (χ4n) is 4.59. The van der Waals surface area contributed by atoms with E-state index in [1.54, 1.807) is 6.33 Å². The SMILES string of the molecule is N#CCC(C1CCCC1)n1cc2c(c1)-c1ncnc3[nH]cc(c13)C2. The van der Waals surface area contributed by atoms with E-state index in [0.717, 1.165) is 23.1 Å². The molecule has 1 atom stereocenters. The highest BCUT2D eigenvalue weighted by Crippen LogP contribution is 2.41. The van der Waals surface area contributed by atoms with Crippen LogP contribution in [0.1, 0.15) is 49.3 Å². The second-order valence-corrected chi connectivity index (χ2v) is 7.06. The summed E-state index contributed by atoms with van der Waals surface area (Å²) in [6, 6.07) is 2.70. The topological polar surface area (TPSA) is 70.3 Å². The van der Waals surface area contributed by atoms with Gasteiger partial charge in [-0.3, -0.25) is 0 Å². The van der Waals surface area contributed by atoms with E-state index in [4.69, 9.17) is 0 Å². The van der Waals surface area contributed by atoms with Crippen LogP contribution in [0.15, 0.2) is 24.9 Å². The van der Waals surface area contributed by atoms with Crippen molar-refractivity contribution in [1.82, 2.24) is 19.5 Å². The van der Waals surface area contributed by atoms with E-state index < -0.39 is 0 Å². The lowest BCUT2D eigenvalue weighted by atomic mass is 9.94. The summed E-state index contributed by atoms with van der Waals surface area (Å²) in [5.74, 6) is 0.628. The van der Waals surface area contributed by atoms with E-state index in [2.05, 4.69) is 38.0 Å². The first kappa shape index (κ1) is 13.8. The summed E-state index contributed by atoms with van der Waals surface area (Å²) in [7, 11) is 0. The fraction of sp³-hybridized carbons (Fsp3) is 0.421. The summed E-state index contributed by atoms with van der Waals surface area (Å²) in [5, 5.41) is 10.5. The molecule has 0 amide bonds. The molecule has 3 heterocycles. The van der Waals surface area contributed by atoms with Crippen LogP contribution in [-0.4, -0.2) is 19.5 Å². The molecule has 120 valence electrons. The Kier molecular flexibility index (Phi) is 2.99. The van der Waals surface area contributed by atoms with Gasteiger partial charge in [-0.15, -0.1) is 0 Å². The van der Waals surface area contributed by atoms with Gasteiger partial charge in [-0.25, -0.2) is 9.97 Å². The number of nitriles is 1. The van der Waals surface area contributed by atoms with Crippen molar-refractivity contribution >= 4 is 11.0 Å². The molecule has 1 saturated carbocycles. The highest BCUT2D eigenvalue weighted by Gasteiger charge is 2.29. The molecule has 0 saturated heterocycles. The molecular formula is C19H19N5. The van der Waals surface area contributed by atoms with Gasteiger partial charge in [-0.1, -0.05) is 12.8 Å². The molecule has 5 heteroatoms. The second-order valence-electron chi connectivity index (χ2n) is 7.06. The molecule has 0 aliphatic heterocycles. The Hall–Kier alpha value is -2.61. The number of rotatable bonds is 3. The van der Waals surface area contributed by atoms with Crippen LogP contribution >= 0.6 is 0 Å². The van der Waals surface area contributed by atoms with E-state index in [1.165, 1.54) is 42.4 Å². The molecule has 2 aliphatic carbocycles. The van der Waals surface area contributed by atoms with Crippen molar-refractivity contribution in [1.29, 1.82) is 5.26 Å². The van der Waals surface area contributed by atoms with Gasteiger partial charge in [0.15, 0.2) is 0 Å². The van der Waals surface area contributed by atoms with Gasteiger partial charge in [-0.05, 0) is 29.9 Å². The highest BCUT2D eigenvalue weighted by atomic mass is 15.0. The fourth-order valence-corrected chi connectivity index (χ4v) is 4.59. The third-order valence-corrected chi connectivity index (χ3v) is 5.74. The average Bonchev–Trinajstić information content (AvgIpc) is 3.33. The van der Waals surface area contributed by atoms with Crippen LogP contribution in [0.2, 0.25) is 0 Å². The van der Waals surface area contributed by atoms with Gasteiger partial charge in [0, 0.05) is 42.0 Å². The summed E-state index contributed by atoms with van der Waals surface area (Å²) in [4.78, 5) is 12.1. The number of aromatic amines is 1. The molecule has 0 aromatic carbocycles. The maximum Gasteiger partial charge on any atom is 0.141 e. The maximum atomic E-state index is 9.31. The first-order valence-corrected chi connectivity index (χ1v) is 8.74. The first-order chi connectivity index (χ1) is 11.8. The Labute approximate surface area is 140 Å². The molecule has 2 aliphatic rings. The predicted molar refractivity (Wildman–Crippen MR) is 91.3 cm³/mol. The number of hydrogen-bond acceptors (Lipinski definition) is 3. The van der Waals surface area contributed by atoms with Crippen LogP contribution in [0.4, 0.5) is 0 Å². The smallest absolute Gasteiger partial charge is 0.141 e. The minimum atomic E-state index is 0.293. The monoisotopic (exact) mass is 317 g/mol. The summed E-state index contributed by atoms with van der Waals surface area (Å²) in [6.45, 7) is 0. The largest absolute Gasteiger partial charge is 0.349 e. The van der Waals surface area contributed by atoms with Crippen LogP contribution in [-0.2, 0) is 6.42 Å². The average molecular weight is 317 g/mol. The van der Waals surface area contributed by atoms with Crippen molar-refractivity contribution < 1.29 is 0 Å². The molecule has 0 bridgehead atoms. The number of nitrogens with one attached hydrogen (secondary N) is 1. The summed E-state index contributed by atoms with van der Waals surface area (Å²) < 4.78 is 2.30. The van der Waals surface area contributed by atoms with Gasteiger partial charge in [0.2, 0.25) is 0 Å². The van der Waals surface area contributed by atoms with E-state index in [0.29, 0.717) is 18.4 Å². The second kappa shape index (κ2) is 5.20. The molecule has 5 rings (SSSR count). The Morgan fingerprint density at radius 1 is 1.25 bits per heavy atom. The number of nitrogens with zero attached hydrogens (tertiary/aromatic N) is 4. The molecule has 0 spiro atoms. The van der Waals surface area contributed by atoms with Crippen molar-refractivity contribution in [2.45, 2.75) is 44.6 Å². The van der Waals surface area contributed by atoms with Gasteiger partial charge in [-0.2, -0.15) is 5.26 Å². The zero-order valence-corrected chi connectivity index (χ0v) is 13.5. The third-order valence-electron chi connectivity index (χ3n) is 5.74. The van der Waals surface area contributed by atoms with Crippen LogP contribution in [0, 0.1) is 17.2 Å². The summed E-state index contributed by atoms with van der Waals surface area (Å²) in [6.07, 6.45) is 14.7. The molecule has 24 heavy (non-hydrogen) atoms. The lowest BCUT2D eigenvalue weighted by Crippen LogP contribution is -2.15. The van der Waals surface area contributed by atoms with E-state index in [9.17, 15) is 5.26 Å². The van der Waals surface area contributed by atoms with Crippen LogP contribution in [0.3, 0.4) is 0 Å². The lowest BCUT2D eigenvalue weighted by molar-refractivity contribution is 0.340. The molecule has 1 fully saturated rings. The number of hydrogen-bond donors (Lipinski definition) is 1. The molecule has 1 unspecified atom stereocenters. The van der Waals surface area contributed by atoms with Crippen molar-refractivity contribution in [3.05, 3.63) is 36.0 Å². The lowest BCUT2D eigenvalue weighted by Gasteiger charge is -2.22. The molecule has 0 radical (unpaired) electrons. The molecule has 3 aromatic rings. The van der Waals surface area contributed by atoms with E-state index >= 15 is 0 Å². The van der Waals surface area contributed by atoms with E-state index in [-0.39, 0.29) is 0 Å². The molecule has 1 N–H and O–H groups in total. The van der Waals surface area contributed by atoms with Gasteiger partial charge in [0.1, 0.15) is 12.0 Å². The Balaban J connectivity index is 1.61. The van der Waals surface area contributed by atoms with Gasteiger partial charge in [0.05, 0.1) is 18.2 Å². The quantitative estimate of drug-likeness (QED) is 0.621. The van der Waals surface area contributed by atoms with Gasteiger partial charge < -0.3 is 9.55 Å². The van der Waals surface area contributed by atoms with Crippen molar-refractivity contribution in [3.8, 4) is 17.3 Å². The third kappa shape index (κ3) is 1.92. The van der Waals surface area contributed by atoms with Crippen molar-refractivity contribution in [2.24, 2.45) is 5.92 Å². The van der Waals surface area contributed by atoms with Crippen LogP contribution in [0.5, 0.6) is 0 Å². The Bertz CT molecular complexity index is 952. The van der Waals surface area contributed by atoms with Crippen molar-refractivity contribution in [2.75, 3.05) is 0 Å². The predicted octanol–water partition coefficient (Wildman–Crippen LogP) is 3.98. The zero-order chi connectivity index (χ0) is 16.1. The van der Waals surface area contributed by atoms with Crippen LogP contribution < -0.4 is 0 Å². The van der Waals surface area contributed by atoms with Crippen molar-refractivity contribution in [3.63, 3.8) is 0 Å². The highest BCUT2D eigenvalue weighted by molar-refractivity contribution is 5.96. The Morgan fingerprint density at radius 3 is 2.96 bits per heavy atom. The minimum Gasteiger partial charge on any atom is -0.349 e. The molecule has 3 aromatic heterocycles. The van der Waals surface area contributed by atoms with E-state index in [1.807, 2.05) is 6.20 Å². The van der Waals surface area contributed by atoms with Gasteiger partial charge >= 0.3 is 0 Å². The minimum absolute atomic E-state index is 0.293. The summed E-state index contributed by atoms with van der Waals surface area (Å²) in [5.41, 5.74) is 5.72. The normalized spacial score (nSPS) is 17.8. The van der Waals surface area contributed by atoms with Gasteiger partial charge in [0.25, 0.3) is 0 Å². The summed E-state index contributed by atoms with van der Waals surface area (Å²) >= 11 is 0. The zero-order valence-electron chi connectivity index (χ0n) is 13.5.